The smallest absolute Gasteiger partial charge is 0.165 e. The van der Waals surface area contributed by atoms with Crippen LogP contribution in [0.4, 0.5) is 0 Å². The molecule has 0 radical (unpaired) electrons. The highest BCUT2D eigenvalue weighted by Gasteiger charge is 2.20. The van der Waals surface area contributed by atoms with Crippen LogP contribution in [-0.2, 0) is 0 Å². The first-order valence-electron chi connectivity index (χ1n) is 23.3. The van der Waals surface area contributed by atoms with Gasteiger partial charge in [-0.2, -0.15) is 0 Å². The van der Waals surface area contributed by atoms with Gasteiger partial charge in [0.15, 0.2) is 17.5 Å². The molecule has 0 amide bonds. The quantitative estimate of drug-likeness (QED) is 0.160. The van der Waals surface area contributed by atoms with Crippen LogP contribution in [0.3, 0.4) is 0 Å². The molecule has 0 spiro atoms. The summed E-state index contributed by atoms with van der Waals surface area (Å²) in [6, 6.07) is 84.7. The van der Waals surface area contributed by atoms with E-state index in [0.29, 0.717) is 17.5 Å². The first-order chi connectivity index (χ1) is 34.2. The third-order valence-corrected chi connectivity index (χ3v) is 14.8. The molecule has 10 aromatic carbocycles. The molecule has 0 aliphatic heterocycles. The van der Waals surface area contributed by atoms with E-state index in [1.54, 1.807) is 11.3 Å². The highest BCUT2D eigenvalue weighted by Crippen LogP contribution is 2.43. The molecule has 4 aromatic heterocycles. The SMILES string of the molecule is c1ccc(-c2nc(-c3ccccc3)nc(-c3cccc4c3sc3ccc(-c5ccc6c(c5)c5cc(-c7ccc8c(c7)c7ccccc7n8-c7ccccc7)ccc5n6-c5ccccc5)cc34)n2)cc1. The van der Waals surface area contributed by atoms with Gasteiger partial charge in [-0.25, -0.2) is 15.0 Å². The van der Waals surface area contributed by atoms with Crippen molar-refractivity contribution >= 4 is 75.1 Å². The summed E-state index contributed by atoms with van der Waals surface area (Å²) in [4.78, 5) is 15.2. The molecule has 69 heavy (non-hydrogen) atoms. The molecule has 0 saturated carbocycles. The number of fused-ring (bicyclic) bond motifs is 9. The molecule has 322 valence electrons. The first-order valence-corrected chi connectivity index (χ1v) is 24.1. The van der Waals surface area contributed by atoms with Gasteiger partial charge in [0.25, 0.3) is 0 Å². The second-order valence-corrected chi connectivity index (χ2v) is 18.6. The number of para-hydroxylation sites is 3. The fraction of sp³-hybridized carbons (Fsp3) is 0. The number of nitrogens with zero attached hydrogens (tertiary/aromatic N) is 5. The predicted molar refractivity (Wildman–Crippen MR) is 289 cm³/mol. The Balaban J connectivity index is 0.907. The third kappa shape index (κ3) is 6.49. The van der Waals surface area contributed by atoms with Crippen LogP contribution in [0, 0.1) is 0 Å². The minimum atomic E-state index is 0.657. The van der Waals surface area contributed by atoms with Crippen LogP contribution in [0.2, 0.25) is 0 Å². The Morgan fingerprint density at radius 2 is 0.681 bits per heavy atom. The number of aromatic nitrogens is 5. The fourth-order valence-corrected chi connectivity index (χ4v) is 11.5. The molecule has 0 fully saturated rings. The summed E-state index contributed by atoms with van der Waals surface area (Å²) in [6.45, 7) is 0. The van der Waals surface area contributed by atoms with E-state index in [9.17, 15) is 0 Å². The minimum Gasteiger partial charge on any atom is -0.309 e. The van der Waals surface area contributed by atoms with Crippen molar-refractivity contribution in [2.45, 2.75) is 0 Å². The van der Waals surface area contributed by atoms with Crippen LogP contribution in [0.25, 0.3) is 132 Å². The van der Waals surface area contributed by atoms with Gasteiger partial charge in [0.1, 0.15) is 0 Å². The van der Waals surface area contributed by atoms with Gasteiger partial charge in [-0.05, 0) is 107 Å². The number of benzene rings is 10. The third-order valence-electron chi connectivity index (χ3n) is 13.6. The van der Waals surface area contributed by atoms with Crippen molar-refractivity contribution in [2.75, 3.05) is 0 Å². The van der Waals surface area contributed by atoms with Gasteiger partial charge in [0.05, 0.1) is 22.1 Å². The molecule has 0 aliphatic carbocycles. The van der Waals surface area contributed by atoms with Crippen molar-refractivity contribution in [3.8, 4) is 67.8 Å². The van der Waals surface area contributed by atoms with Crippen molar-refractivity contribution in [3.63, 3.8) is 0 Å². The highest BCUT2D eigenvalue weighted by atomic mass is 32.1. The summed E-state index contributed by atoms with van der Waals surface area (Å²) in [5, 5.41) is 7.32. The number of thiophene rings is 1. The molecule has 0 N–H and O–H groups in total. The van der Waals surface area contributed by atoms with Gasteiger partial charge < -0.3 is 9.13 Å². The van der Waals surface area contributed by atoms with Gasteiger partial charge in [-0.1, -0.05) is 152 Å². The molecule has 0 saturated heterocycles. The van der Waals surface area contributed by atoms with E-state index in [-0.39, 0.29) is 0 Å². The topological polar surface area (TPSA) is 48.5 Å². The summed E-state index contributed by atoms with van der Waals surface area (Å²) >= 11 is 1.79. The van der Waals surface area contributed by atoms with Crippen LogP contribution in [-0.4, -0.2) is 24.1 Å². The summed E-state index contributed by atoms with van der Waals surface area (Å²) in [5.41, 5.74) is 14.7. The average Bonchev–Trinajstić information content (AvgIpc) is 4.08. The molecule has 5 nitrogen and oxygen atoms in total. The van der Waals surface area contributed by atoms with Gasteiger partial charge in [-0.3, -0.25) is 0 Å². The summed E-state index contributed by atoms with van der Waals surface area (Å²) in [5.74, 6) is 1.98. The van der Waals surface area contributed by atoms with Gasteiger partial charge in [-0.15, -0.1) is 11.3 Å². The lowest BCUT2D eigenvalue weighted by molar-refractivity contribution is 1.08. The van der Waals surface area contributed by atoms with E-state index in [2.05, 4.69) is 209 Å². The van der Waals surface area contributed by atoms with Crippen molar-refractivity contribution in [1.82, 2.24) is 24.1 Å². The Morgan fingerprint density at radius 1 is 0.275 bits per heavy atom. The van der Waals surface area contributed by atoms with E-state index in [1.807, 2.05) is 36.4 Å². The van der Waals surface area contributed by atoms with E-state index in [1.165, 1.54) is 81.3 Å². The van der Waals surface area contributed by atoms with Crippen LogP contribution in [0.5, 0.6) is 0 Å². The van der Waals surface area contributed by atoms with Gasteiger partial charge in [0, 0.05) is 69.8 Å². The van der Waals surface area contributed by atoms with Crippen LogP contribution in [0.1, 0.15) is 0 Å². The molecule has 14 aromatic rings. The molecule has 0 unspecified atom stereocenters. The molecule has 0 atom stereocenters. The molecule has 0 bridgehead atoms. The maximum absolute atomic E-state index is 5.11. The van der Waals surface area contributed by atoms with Gasteiger partial charge in [0.2, 0.25) is 0 Å². The molecular formula is C63H39N5S. The Hall–Kier alpha value is -8.97. The predicted octanol–water partition coefficient (Wildman–Crippen LogP) is 16.8. The van der Waals surface area contributed by atoms with Crippen LogP contribution < -0.4 is 0 Å². The van der Waals surface area contributed by atoms with Crippen LogP contribution in [0.15, 0.2) is 237 Å². The largest absolute Gasteiger partial charge is 0.309 e. The van der Waals surface area contributed by atoms with Crippen molar-refractivity contribution in [2.24, 2.45) is 0 Å². The van der Waals surface area contributed by atoms with Crippen LogP contribution >= 0.6 is 11.3 Å². The standard InChI is InChI=1S/C63H39N5S/c1-5-16-40(17-6-1)61-64-62(41-18-7-2-8-19-41)66-63(65-61)50-26-15-25-49-54-39-45(31-35-59(54)69-60(49)50)44-30-34-58-53(38-44)52-37-43(29-33-57(52)68(58)47-22-11-4-12-23-47)42-28-32-56-51(36-42)48-24-13-14-27-55(48)67(56)46-20-9-3-10-21-46/h1-39H. The second kappa shape index (κ2) is 15.8. The van der Waals surface area contributed by atoms with Crippen molar-refractivity contribution < 1.29 is 0 Å². The van der Waals surface area contributed by atoms with Gasteiger partial charge >= 0.3 is 0 Å². The van der Waals surface area contributed by atoms with Crippen molar-refractivity contribution in [1.29, 1.82) is 0 Å². The molecule has 14 rings (SSSR count). The molecule has 4 heterocycles. The lowest BCUT2D eigenvalue weighted by Crippen LogP contribution is -2.00. The monoisotopic (exact) mass is 897 g/mol. The Labute approximate surface area is 401 Å². The molecule has 0 aliphatic rings. The lowest BCUT2D eigenvalue weighted by Gasteiger charge is -2.09. The fourth-order valence-electron chi connectivity index (χ4n) is 10.3. The molecular weight excluding hydrogens is 859 g/mol. The Kier molecular flexibility index (Phi) is 9.00. The lowest BCUT2D eigenvalue weighted by atomic mass is 9.98. The zero-order valence-electron chi connectivity index (χ0n) is 37.2. The summed E-state index contributed by atoms with van der Waals surface area (Å²) in [6.07, 6.45) is 0. The highest BCUT2D eigenvalue weighted by molar-refractivity contribution is 7.26. The van der Waals surface area contributed by atoms with E-state index >= 15 is 0 Å². The number of rotatable bonds is 7. The zero-order chi connectivity index (χ0) is 45.4. The Bertz CT molecular complexity index is 4230. The first kappa shape index (κ1) is 39.2. The normalized spacial score (nSPS) is 11.8. The van der Waals surface area contributed by atoms with E-state index < -0.39 is 0 Å². The summed E-state index contributed by atoms with van der Waals surface area (Å²) < 4.78 is 7.16. The summed E-state index contributed by atoms with van der Waals surface area (Å²) in [7, 11) is 0. The minimum absolute atomic E-state index is 0.657. The maximum Gasteiger partial charge on any atom is 0.165 e. The number of hydrogen-bond acceptors (Lipinski definition) is 4. The van der Waals surface area contributed by atoms with E-state index in [4.69, 9.17) is 15.0 Å². The Morgan fingerprint density at radius 3 is 1.22 bits per heavy atom. The maximum atomic E-state index is 5.11. The average molecular weight is 898 g/mol. The molecule has 6 heteroatoms. The second-order valence-electron chi connectivity index (χ2n) is 17.6. The van der Waals surface area contributed by atoms with Crippen molar-refractivity contribution in [3.05, 3.63) is 237 Å². The van der Waals surface area contributed by atoms with E-state index in [0.717, 1.165) is 32.8 Å². The zero-order valence-corrected chi connectivity index (χ0v) is 38.0. The number of hydrogen-bond donors (Lipinski definition) is 0.